The molecule has 144 valence electrons. The number of aliphatic imine (C=N–C) groups is 2. The van der Waals surface area contributed by atoms with Crippen LogP contribution in [-0.4, -0.2) is 34.1 Å². The van der Waals surface area contributed by atoms with E-state index in [1.165, 1.54) is 19.3 Å². The fraction of sp³-hybridized carbons (Fsp3) is 0.238. The van der Waals surface area contributed by atoms with Gasteiger partial charge in [0.2, 0.25) is 0 Å². The van der Waals surface area contributed by atoms with Gasteiger partial charge in [0, 0.05) is 11.1 Å². The molecular weight excluding hydrogens is 360 g/mol. The van der Waals surface area contributed by atoms with E-state index in [9.17, 15) is 14.7 Å². The molecule has 1 aliphatic rings. The van der Waals surface area contributed by atoms with Gasteiger partial charge >= 0.3 is 11.9 Å². The lowest BCUT2D eigenvalue weighted by atomic mass is 9.99. The van der Waals surface area contributed by atoms with Crippen molar-refractivity contribution in [1.29, 1.82) is 0 Å². The van der Waals surface area contributed by atoms with Crippen LogP contribution in [0, 0.1) is 0 Å². The largest absolute Gasteiger partial charge is 0.512 e. The molecule has 0 saturated heterocycles. The van der Waals surface area contributed by atoms with Crippen molar-refractivity contribution in [3.8, 4) is 0 Å². The second-order valence-corrected chi connectivity index (χ2v) is 7.19. The van der Waals surface area contributed by atoms with E-state index >= 15 is 0 Å². The molecule has 7 heteroatoms. The molecule has 7 nitrogen and oxygen atoms in total. The molecule has 0 bridgehead atoms. The van der Waals surface area contributed by atoms with Gasteiger partial charge in [-0.3, -0.25) is 4.79 Å². The highest BCUT2D eigenvalue weighted by molar-refractivity contribution is 6.36. The van der Waals surface area contributed by atoms with Crippen LogP contribution >= 0.6 is 0 Å². The Balaban J connectivity index is 2.08. The van der Waals surface area contributed by atoms with Gasteiger partial charge < -0.3 is 14.3 Å². The van der Waals surface area contributed by atoms with Crippen LogP contribution in [0.4, 0.5) is 0 Å². The molecule has 2 aromatic rings. The molecule has 28 heavy (non-hydrogen) atoms. The zero-order chi connectivity index (χ0) is 20.5. The number of amides is 1. The van der Waals surface area contributed by atoms with Crippen molar-refractivity contribution in [2.24, 2.45) is 9.98 Å². The van der Waals surface area contributed by atoms with E-state index in [4.69, 9.17) is 9.15 Å². The Morgan fingerprint density at radius 2 is 1.79 bits per heavy atom. The van der Waals surface area contributed by atoms with Gasteiger partial charge in [-0.1, -0.05) is 24.3 Å². The second-order valence-electron chi connectivity index (χ2n) is 7.19. The summed E-state index contributed by atoms with van der Waals surface area (Å²) >= 11 is 0. The van der Waals surface area contributed by atoms with Crippen molar-refractivity contribution in [2.75, 3.05) is 0 Å². The number of benzene rings is 1. The van der Waals surface area contributed by atoms with Crippen molar-refractivity contribution >= 4 is 23.4 Å². The van der Waals surface area contributed by atoms with Crippen LogP contribution in [0.2, 0.25) is 0 Å². The predicted molar refractivity (Wildman–Crippen MR) is 104 cm³/mol. The van der Waals surface area contributed by atoms with Gasteiger partial charge in [0.15, 0.2) is 11.6 Å². The summed E-state index contributed by atoms with van der Waals surface area (Å²) in [5.41, 5.74) is 0.527. The highest BCUT2D eigenvalue weighted by atomic mass is 16.6. The lowest BCUT2D eigenvalue weighted by Gasteiger charge is -2.21. The molecule has 2 heterocycles. The summed E-state index contributed by atoms with van der Waals surface area (Å²) in [7, 11) is 0. The monoisotopic (exact) mass is 380 g/mol. The van der Waals surface area contributed by atoms with Crippen LogP contribution in [0.5, 0.6) is 0 Å². The van der Waals surface area contributed by atoms with Crippen LogP contribution < -0.4 is 0 Å². The Morgan fingerprint density at radius 3 is 2.36 bits per heavy atom. The van der Waals surface area contributed by atoms with Gasteiger partial charge in [0.05, 0.1) is 12.0 Å². The molecule has 0 atom stereocenters. The van der Waals surface area contributed by atoms with E-state index in [1.54, 1.807) is 51.1 Å². The highest BCUT2D eigenvalue weighted by Gasteiger charge is 2.32. The van der Waals surface area contributed by atoms with E-state index in [2.05, 4.69) is 9.98 Å². The number of furan rings is 1. The first-order valence-corrected chi connectivity index (χ1v) is 8.66. The van der Waals surface area contributed by atoms with Crippen LogP contribution in [0.3, 0.4) is 0 Å². The summed E-state index contributed by atoms with van der Waals surface area (Å²) < 4.78 is 10.5. The van der Waals surface area contributed by atoms with Crippen LogP contribution in [0.1, 0.15) is 49.4 Å². The van der Waals surface area contributed by atoms with Gasteiger partial charge in [-0.15, -0.1) is 0 Å². The number of aliphatic hydroxyl groups excluding tert-OH is 1. The molecule has 3 rings (SSSR count). The van der Waals surface area contributed by atoms with Gasteiger partial charge in [-0.05, 0) is 39.8 Å². The highest BCUT2D eigenvalue weighted by Crippen LogP contribution is 2.26. The number of carbonyl (C=O) groups is 2. The average Bonchev–Trinajstić information content (AvgIpc) is 3.23. The fourth-order valence-electron chi connectivity index (χ4n) is 2.68. The average molecular weight is 380 g/mol. The molecule has 0 radical (unpaired) electrons. The SMILES string of the molecule is C/C(O)=C(/C(=O)OC(C)(C)C)C1=NC(=NC(=O)c2ccco2)c2ccccc21. The summed E-state index contributed by atoms with van der Waals surface area (Å²) in [5, 5.41) is 10.2. The minimum Gasteiger partial charge on any atom is -0.512 e. The normalized spacial score (nSPS) is 15.7. The molecule has 0 spiro atoms. The third-order valence-corrected chi connectivity index (χ3v) is 3.78. The number of allylic oxidation sites excluding steroid dienone is 1. The quantitative estimate of drug-likeness (QED) is 0.495. The number of nitrogens with zero attached hydrogens (tertiary/aromatic N) is 2. The minimum absolute atomic E-state index is 0.0713. The number of amidine groups is 1. The zero-order valence-corrected chi connectivity index (χ0v) is 16.0. The standard InChI is InChI=1S/C21H20N2O5/c1-12(24)16(20(26)28-21(2,3)4)17-13-8-5-6-9-14(13)18(22-17)23-19(25)15-10-7-11-27-15/h5-11,24H,1-4H3/b16-12-,23-18?. The second kappa shape index (κ2) is 7.26. The predicted octanol–water partition coefficient (Wildman–Crippen LogP) is 3.84. The Bertz CT molecular complexity index is 1020. The molecule has 0 fully saturated rings. The molecule has 0 aliphatic carbocycles. The molecule has 0 unspecified atom stereocenters. The molecule has 1 aromatic heterocycles. The molecule has 1 N–H and O–H groups in total. The van der Waals surface area contributed by atoms with Gasteiger partial charge in [0.1, 0.15) is 16.9 Å². The smallest absolute Gasteiger partial charge is 0.344 e. The lowest BCUT2D eigenvalue weighted by Crippen LogP contribution is -2.28. The number of aliphatic hydroxyl groups is 1. The van der Waals surface area contributed by atoms with Gasteiger partial charge in [0.25, 0.3) is 0 Å². The van der Waals surface area contributed by atoms with Crippen LogP contribution in [-0.2, 0) is 9.53 Å². The minimum atomic E-state index is -0.747. The Kier molecular flexibility index (Phi) is 5.00. The third kappa shape index (κ3) is 3.93. The number of fused-ring (bicyclic) bond motifs is 1. The van der Waals surface area contributed by atoms with E-state index < -0.39 is 17.5 Å². The molecular formula is C21H20N2O5. The number of ether oxygens (including phenoxy) is 1. The number of carbonyl (C=O) groups excluding carboxylic acids is 2. The molecule has 0 saturated carbocycles. The summed E-state index contributed by atoms with van der Waals surface area (Å²) in [6.07, 6.45) is 1.38. The van der Waals surface area contributed by atoms with Crippen molar-refractivity contribution in [2.45, 2.75) is 33.3 Å². The van der Waals surface area contributed by atoms with E-state index in [1.807, 2.05) is 0 Å². The summed E-state index contributed by atoms with van der Waals surface area (Å²) in [6.45, 7) is 6.57. The van der Waals surface area contributed by atoms with Gasteiger partial charge in [-0.25, -0.2) is 9.79 Å². The first kappa shape index (κ1) is 19.3. The van der Waals surface area contributed by atoms with Crippen molar-refractivity contribution in [1.82, 2.24) is 0 Å². The first-order valence-electron chi connectivity index (χ1n) is 8.66. The Hall–Kier alpha value is -3.48. The van der Waals surface area contributed by atoms with E-state index in [-0.39, 0.29) is 28.6 Å². The van der Waals surface area contributed by atoms with E-state index in [0.717, 1.165) is 0 Å². The maximum Gasteiger partial charge on any atom is 0.344 e. The lowest BCUT2D eigenvalue weighted by molar-refractivity contribution is -0.149. The zero-order valence-electron chi connectivity index (χ0n) is 16.0. The van der Waals surface area contributed by atoms with Crippen LogP contribution in [0.15, 0.2) is 68.4 Å². The topological polar surface area (TPSA) is 101 Å². The van der Waals surface area contributed by atoms with Crippen molar-refractivity contribution in [3.05, 3.63) is 70.9 Å². The maximum absolute atomic E-state index is 12.7. The maximum atomic E-state index is 12.7. The first-order chi connectivity index (χ1) is 13.2. The Labute approximate surface area is 162 Å². The molecule has 1 aromatic carbocycles. The number of rotatable bonds is 3. The van der Waals surface area contributed by atoms with Crippen molar-refractivity contribution in [3.63, 3.8) is 0 Å². The number of esters is 1. The third-order valence-electron chi connectivity index (χ3n) is 3.78. The number of hydrogen-bond acceptors (Lipinski definition) is 5. The molecule has 1 amide bonds. The number of hydrogen-bond donors (Lipinski definition) is 1. The van der Waals surface area contributed by atoms with Crippen LogP contribution in [0.25, 0.3) is 0 Å². The fourth-order valence-corrected chi connectivity index (χ4v) is 2.68. The summed E-state index contributed by atoms with van der Waals surface area (Å²) in [6, 6.07) is 10.1. The molecule has 1 aliphatic heterocycles. The van der Waals surface area contributed by atoms with Crippen molar-refractivity contribution < 1.29 is 23.8 Å². The summed E-state index contributed by atoms with van der Waals surface area (Å²) in [5.74, 6) is -1.33. The summed E-state index contributed by atoms with van der Waals surface area (Å²) in [4.78, 5) is 33.4. The van der Waals surface area contributed by atoms with E-state index in [0.29, 0.717) is 11.1 Å². The van der Waals surface area contributed by atoms with Gasteiger partial charge in [-0.2, -0.15) is 4.99 Å². The Morgan fingerprint density at radius 1 is 1.11 bits per heavy atom.